The molecule has 0 spiro atoms. The number of carbonyl (C=O) groups is 1. The Bertz CT molecular complexity index is 203. The first kappa shape index (κ1) is 24.5. The van der Waals surface area contributed by atoms with Crippen LogP contribution in [-0.4, -0.2) is 5.91 Å². The Balaban J connectivity index is -0.0000000672. The minimum atomic E-state index is -0.461. The standard InChI is InChI=1S/C6H7.C4H9NO.2ClH.Ti/c1-6-4-2-3-5-6;1-2-3-4(5)6;;;/h2,4H,3H2,1H3;2-3H2,1H3,(H2,5,6);2*1H;/q-1;;;;+4/p-3. The third-order valence-corrected chi connectivity index (χ3v) is 1.34. The minimum Gasteiger partial charge on any atom is -1.00 e. The van der Waals surface area contributed by atoms with Crippen molar-refractivity contribution < 1.29 is 51.3 Å². The van der Waals surface area contributed by atoms with E-state index in [0.29, 0.717) is 6.42 Å². The van der Waals surface area contributed by atoms with Gasteiger partial charge in [0, 0.05) is 5.91 Å². The van der Waals surface area contributed by atoms with Crippen molar-refractivity contribution in [3.8, 4) is 0 Å². The van der Waals surface area contributed by atoms with E-state index in [1.165, 1.54) is 5.57 Å². The summed E-state index contributed by atoms with van der Waals surface area (Å²) in [5.41, 5.74) is 7.61. The van der Waals surface area contributed by atoms with Crippen molar-refractivity contribution in [1.82, 2.24) is 0 Å². The molecule has 5 heteroatoms. The second-order valence-corrected chi connectivity index (χ2v) is 2.64. The molecule has 1 aliphatic rings. The van der Waals surface area contributed by atoms with E-state index in [9.17, 15) is 4.79 Å². The zero-order valence-corrected chi connectivity index (χ0v) is 12.0. The smallest absolute Gasteiger partial charge is 1.00 e. The van der Waals surface area contributed by atoms with Gasteiger partial charge in [0.25, 0.3) is 0 Å². The summed E-state index contributed by atoms with van der Waals surface area (Å²) in [4.78, 5) is 9.71. The molecule has 1 aliphatic carbocycles. The summed E-state index contributed by atoms with van der Waals surface area (Å²) < 4.78 is 0. The van der Waals surface area contributed by atoms with Crippen LogP contribution in [-0.2, 0) is 26.5 Å². The van der Waals surface area contributed by atoms with E-state index in [1.54, 1.807) is 0 Å². The fourth-order valence-corrected chi connectivity index (χ4v) is 0.742. The van der Waals surface area contributed by atoms with Gasteiger partial charge in [-0.3, -0.25) is 6.08 Å². The average Bonchev–Trinajstić information content (AvgIpc) is 2.40. The van der Waals surface area contributed by atoms with Gasteiger partial charge in [0.2, 0.25) is 0 Å². The van der Waals surface area contributed by atoms with Gasteiger partial charge in [-0.15, -0.1) is 6.42 Å². The summed E-state index contributed by atoms with van der Waals surface area (Å²) in [6.45, 7) is 3.94. The van der Waals surface area contributed by atoms with Gasteiger partial charge in [0.05, 0.1) is 0 Å². The van der Waals surface area contributed by atoms with Crippen molar-refractivity contribution >= 4 is 5.91 Å². The maximum absolute atomic E-state index is 9.71. The van der Waals surface area contributed by atoms with Crippen molar-refractivity contribution in [3.63, 3.8) is 0 Å². The van der Waals surface area contributed by atoms with Crippen molar-refractivity contribution in [1.29, 1.82) is 0 Å². The van der Waals surface area contributed by atoms with Crippen LogP contribution in [0.3, 0.4) is 0 Å². The van der Waals surface area contributed by atoms with Crippen LogP contribution in [0.25, 0.3) is 5.73 Å². The molecule has 0 saturated heterocycles. The van der Waals surface area contributed by atoms with Crippen LogP contribution in [0.4, 0.5) is 0 Å². The molecule has 0 heterocycles. The molecule has 2 nitrogen and oxygen atoms in total. The Hall–Kier alpha value is 0.244. The normalized spacial score (nSPS) is 10.7. The SMILES string of the molecule is CC1=[C-]CC=C1.CCCC([NH-])=O.[Cl-].[Cl-].[Ti+4]. The molecule has 1 rings (SSSR count). The van der Waals surface area contributed by atoms with Gasteiger partial charge in [-0.25, -0.2) is 11.6 Å². The third-order valence-electron chi connectivity index (χ3n) is 1.34. The van der Waals surface area contributed by atoms with E-state index in [1.807, 2.05) is 6.92 Å². The van der Waals surface area contributed by atoms with Crippen molar-refractivity contribution in [2.75, 3.05) is 0 Å². The van der Waals surface area contributed by atoms with E-state index in [-0.39, 0.29) is 46.5 Å². The number of amides is 1. The van der Waals surface area contributed by atoms with Gasteiger partial charge >= 0.3 is 21.7 Å². The third kappa shape index (κ3) is 20.3. The number of carbonyl (C=O) groups excluding carboxylic acids is 1. The largest absolute Gasteiger partial charge is 4.00 e. The van der Waals surface area contributed by atoms with E-state index < -0.39 is 5.91 Å². The molecule has 0 atom stereocenters. The molecular weight excluding hydrogens is 269 g/mol. The van der Waals surface area contributed by atoms with Gasteiger partial charge in [0.1, 0.15) is 0 Å². The zero-order valence-electron chi connectivity index (χ0n) is 8.94. The molecule has 0 radical (unpaired) electrons. The first-order valence-electron chi connectivity index (χ1n) is 4.15. The Morgan fingerprint density at radius 2 is 2.07 bits per heavy atom. The quantitative estimate of drug-likeness (QED) is 0.395. The van der Waals surface area contributed by atoms with Crippen molar-refractivity contribution in [3.05, 3.63) is 29.5 Å². The number of hydrogen-bond donors (Lipinski definition) is 0. The van der Waals surface area contributed by atoms with Crippen LogP contribution < -0.4 is 24.8 Å². The number of rotatable bonds is 2. The second kappa shape index (κ2) is 16.7. The van der Waals surface area contributed by atoms with Crippen LogP contribution in [0.1, 0.15) is 33.1 Å². The molecule has 0 aromatic heterocycles. The molecule has 0 fully saturated rings. The average molecular weight is 284 g/mol. The molecule has 0 unspecified atom stereocenters. The fourth-order valence-electron chi connectivity index (χ4n) is 0.742. The second-order valence-electron chi connectivity index (χ2n) is 2.64. The van der Waals surface area contributed by atoms with Crippen LogP contribution in [0.5, 0.6) is 0 Å². The number of hydrogen-bond acceptors (Lipinski definition) is 1. The molecule has 0 aliphatic heterocycles. The van der Waals surface area contributed by atoms with E-state index in [0.717, 1.165) is 12.8 Å². The molecule has 0 saturated carbocycles. The van der Waals surface area contributed by atoms with Gasteiger partial charge in [-0.05, 0) is 6.42 Å². The predicted octanol–water partition coefficient (Wildman–Crippen LogP) is -2.93. The van der Waals surface area contributed by atoms with Crippen LogP contribution in [0.2, 0.25) is 0 Å². The van der Waals surface area contributed by atoms with Gasteiger partial charge in [0.15, 0.2) is 0 Å². The fraction of sp³-hybridized carbons (Fsp3) is 0.500. The molecule has 1 N–H and O–H groups in total. The number of nitrogens with one attached hydrogen (secondary N) is 1. The molecule has 15 heavy (non-hydrogen) atoms. The number of allylic oxidation sites excluding steroid dienone is 4. The van der Waals surface area contributed by atoms with E-state index >= 15 is 0 Å². The Kier molecular flexibility index (Phi) is 27.2. The maximum atomic E-state index is 9.71. The van der Waals surface area contributed by atoms with Crippen molar-refractivity contribution in [2.45, 2.75) is 33.1 Å². The first-order valence-corrected chi connectivity index (χ1v) is 4.15. The summed E-state index contributed by atoms with van der Waals surface area (Å²) in [6, 6.07) is 0. The summed E-state index contributed by atoms with van der Waals surface area (Å²) in [6.07, 6.45) is 9.53. The number of halogens is 2. The molecule has 0 aromatic rings. The Labute approximate surface area is 119 Å². The summed E-state index contributed by atoms with van der Waals surface area (Å²) in [5, 5.41) is 0. The molecule has 0 aromatic carbocycles. The van der Waals surface area contributed by atoms with E-state index in [4.69, 9.17) is 5.73 Å². The van der Waals surface area contributed by atoms with Gasteiger partial charge in [-0.2, -0.15) is 6.08 Å². The zero-order chi connectivity index (χ0) is 9.40. The summed E-state index contributed by atoms with van der Waals surface area (Å²) in [5.74, 6) is -0.461. The molecular formula is C10H15Cl2NOTi. The monoisotopic (exact) mass is 283 g/mol. The van der Waals surface area contributed by atoms with E-state index in [2.05, 4.69) is 25.2 Å². The Morgan fingerprint density at radius 3 is 2.13 bits per heavy atom. The van der Waals surface area contributed by atoms with Crippen LogP contribution in [0.15, 0.2) is 17.7 Å². The van der Waals surface area contributed by atoms with Gasteiger partial charge in [-0.1, -0.05) is 20.3 Å². The minimum absolute atomic E-state index is 0. The van der Waals surface area contributed by atoms with Crippen LogP contribution >= 0.6 is 0 Å². The van der Waals surface area contributed by atoms with Crippen LogP contribution in [0, 0.1) is 6.08 Å². The summed E-state index contributed by atoms with van der Waals surface area (Å²) in [7, 11) is 0. The molecule has 0 bridgehead atoms. The van der Waals surface area contributed by atoms with Crippen molar-refractivity contribution in [2.24, 2.45) is 0 Å². The first-order chi connectivity index (χ1) is 5.66. The predicted molar refractivity (Wildman–Crippen MR) is 50.4 cm³/mol. The molecule has 1 amide bonds. The Morgan fingerprint density at radius 1 is 1.53 bits per heavy atom. The summed E-state index contributed by atoms with van der Waals surface area (Å²) >= 11 is 0. The van der Waals surface area contributed by atoms with Gasteiger partial charge < -0.3 is 35.3 Å². The molecule has 84 valence electrons. The topological polar surface area (TPSA) is 40.9 Å². The maximum Gasteiger partial charge on any atom is 4.00 e.